The quantitative estimate of drug-likeness (QED) is 0.599. The number of aromatic nitrogens is 3. The topological polar surface area (TPSA) is 83.8 Å². The van der Waals surface area contributed by atoms with Gasteiger partial charge >= 0.3 is 0 Å². The first-order chi connectivity index (χ1) is 11.2. The molecule has 0 aliphatic carbocycles. The van der Waals surface area contributed by atoms with Crippen molar-refractivity contribution < 1.29 is 9.21 Å². The average molecular weight is 324 g/mol. The number of aryl methyl sites for hydroxylation is 1. The van der Waals surface area contributed by atoms with Crippen molar-refractivity contribution in [2.45, 2.75) is 6.92 Å². The van der Waals surface area contributed by atoms with Crippen LogP contribution in [0.4, 0.5) is 5.69 Å². The summed E-state index contributed by atoms with van der Waals surface area (Å²) in [6, 6.07) is 9.33. The number of aromatic amines is 1. The molecular formula is C16H12N4O2S. The second kappa shape index (κ2) is 5.36. The zero-order valence-electron chi connectivity index (χ0n) is 12.2. The number of carbonyl (C=O) groups is 1. The maximum atomic E-state index is 12.4. The number of H-pyrrole nitrogens is 1. The zero-order chi connectivity index (χ0) is 15.8. The van der Waals surface area contributed by atoms with Gasteiger partial charge in [-0.1, -0.05) is 12.1 Å². The molecule has 3 aromatic heterocycles. The molecule has 3 heterocycles. The van der Waals surface area contributed by atoms with Crippen LogP contribution in [0.3, 0.4) is 0 Å². The van der Waals surface area contributed by atoms with Crippen molar-refractivity contribution in [2.75, 3.05) is 5.32 Å². The molecule has 0 saturated carbocycles. The van der Waals surface area contributed by atoms with E-state index in [1.54, 1.807) is 11.6 Å². The molecule has 0 unspecified atom stereocenters. The molecule has 114 valence electrons. The highest BCUT2D eigenvalue weighted by Crippen LogP contribution is 2.26. The molecule has 0 fully saturated rings. The predicted molar refractivity (Wildman–Crippen MR) is 88.6 cm³/mol. The van der Waals surface area contributed by atoms with E-state index in [1.807, 2.05) is 37.3 Å². The summed E-state index contributed by atoms with van der Waals surface area (Å²) in [6.45, 7) is 1.87. The Balaban J connectivity index is 1.60. The third kappa shape index (κ3) is 2.51. The van der Waals surface area contributed by atoms with E-state index in [4.69, 9.17) is 4.42 Å². The average Bonchev–Trinajstić information content (AvgIpc) is 3.27. The minimum atomic E-state index is -0.266. The normalized spacial score (nSPS) is 11.0. The van der Waals surface area contributed by atoms with Crippen LogP contribution in [0.5, 0.6) is 0 Å². The Bertz CT molecular complexity index is 998. The van der Waals surface area contributed by atoms with Crippen molar-refractivity contribution in [1.82, 2.24) is 15.2 Å². The Morgan fingerprint density at radius 1 is 1.30 bits per heavy atom. The van der Waals surface area contributed by atoms with Gasteiger partial charge in [0.1, 0.15) is 11.5 Å². The molecule has 0 spiro atoms. The third-order valence-corrected chi connectivity index (χ3v) is 4.27. The molecule has 0 aliphatic rings. The molecule has 0 bridgehead atoms. The number of furan rings is 1. The van der Waals surface area contributed by atoms with E-state index in [9.17, 15) is 4.79 Å². The number of benzene rings is 1. The number of thiazole rings is 1. The lowest BCUT2D eigenvalue weighted by Crippen LogP contribution is -2.12. The van der Waals surface area contributed by atoms with Crippen LogP contribution < -0.4 is 5.32 Å². The third-order valence-electron chi connectivity index (χ3n) is 3.41. The van der Waals surface area contributed by atoms with Gasteiger partial charge in [0.25, 0.3) is 5.91 Å². The molecule has 1 amide bonds. The molecule has 0 aliphatic heterocycles. The Kier molecular flexibility index (Phi) is 3.20. The van der Waals surface area contributed by atoms with Gasteiger partial charge < -0.3 is 9.73 Å². The van der Waals surface area contributed by atoms with Crippen molar-refractivity contribution >= 4 is 33.8 Å². The van der Waals surface area contributed by atoms with Gasteiger partial charge in [-0.2, -0.15) is 5.10 Å². The summed E-state index contributed by atoms with van der Waals surface area (Å²) in [5.74, 6) is 1.22. The maximum Gasteiger partial charge on any atom is 0.275 e. The minimum absolute atomic E-state index is 0.266. The van der Waals surface area contributed by atoms with Gasteiger partial charge in [0.05, 0.1) is 17.4 Å². The van der Waals surface area contributed by atoms with E-state index < -0.39 is 0 Å². The SMILES string of the molecule is Cc1ccc(-c2nc(C(=O)Nc3cccc4cn[nH]c34)cs2)o1. The molecule has 4 aromatic rings. The van der Waals surface area contributed by atoms with Crippen LogP contribution in [-0.4, -0.2) is 21.1 Å². The Labute approximate surface area is 135 Å². The number of nitrogens with zero attached hydrogens (tertiary/aromatic N) is 2. The van der Waals surface area contributed by atoms with E-state index in [0.29, 0.717) is 22.1 Å². The predicted octanol–water partition coefficient (Wildman–Crippen LogP) is 3.84. The maximum absolute atomic E-state index is 12.4. The summed E-state index contributed by atoms with van der Waals surface area (Å²) in [7, 11) is 0. The van der Waals surface area contributed by atoms with E-state index >= 15 is 0 Å². The highest BCUT2D eigenvalue weighted by molar-refractivity contribution is 7.13. The first-order valence-electron chi connectivity index (χ1n) is 6.96. The van der Waals surface area contributed by atoms with Crippen molar-refractivity contribution in [3.05, 3.63) is 53.4 Å². The van der Waals surface area contributed by atoms with Crippen LogP contribution in [0.2, 0.25) is 0 Å². The Hall–Kier alpha value is -2.93. The number of hydrogen-bond donors (Lipinski definition) is 2. The molecule has 4 rings (SSSR count). The standard InChI is InChI=1S/C16H12N4O2S/c1-9-5-6-13(22-9)16-19-12(8-23-16)15(21)18-11-4-2-3-10-7-17-20-14(10)11/h2-8H,1H3,(H,17,20)(H,18,21). The fraction of sp³-hybridized carbons (Fsp3) is 0.0625. The number of anilines is 1. The van der Waals surface area contributed by atoms with Crippen molar-refractivity contribution in [2.24, 2.45) is 0 Å². The molecule has 1 aromatic carbocycles. The van der Waals surface area contributed by atoms with Crippen LogP contribution in [0.1, 0.15) is 16.2 Å². The molecule has 23 heavy (non-hydrogen) atoms. The molecule has 2 N–H and O–H groups in total. The lowest BCUT2D eigenvalue weighted by molar-refractivity contribution is 0.102. The monoisotopic (exact) mass is 324 g/mol. The molecule has 7 heteroatoms. The molecule has 0 radical (unpaired) electrons. The zero-order valence-corrected chi connectivity index (χ0v) is 13.0. The highest BCUT2D eigenvalue weighted by Gasteiger charge is 2.15. The number of rotatable bonds is 3. The molecular weight excluding hydrogens is 312 g/mol. The van der Waals surface area contributed by atoms with Gasteiger partial charge in [-0.15, -0.1) is 11.3 Å². The van der Waals surface area contributed by atoms with E-state index in [1.165, 1.54) is 11.3 Å². The molecule has 6 nitrogen and oxygen atoms in total. The fourth-order valence-electron chi connectivity index (χ4n) is 2.30. The van der Waals surface area contributed by atoms with Crippen LogP contribution >= 0.6 is 11.3 Å². The number of para-hydroxylation sites is 1. The number of carbonyl (C=O) groups excluding carboxylic acids is 1. The van der Waals surface area contributed by atoms with E-state index in [0.717, 1.165) is 16.7 Å². The first-order valence-corrected chi connectivity index (χ1v) is 7.84. The lowest BCUT2D eigenvalue weighted by Gasteiger charge is -2.04. The molecule has 0 saturated heterocycles. The van der Waals surface area contributed by atoms with Crippen LogP contribution in [0, 0.1) is 6.92 Å². The minimum Gasteiger partial charge on any atom is -0.459 e. The number of nitrogens with one attached hydrogen (secondary N) is 2. The van der Waals surface area contributed by atoms with Gasteiger partial charge in [0.2, 0.25) is 0 Å². The summed E-state index contributed by atoms with van der Waals surface area (Å²) >= 11 is 1.37. The van der Waals surface area contributed by atoms with Gasteiger partial charge in [-0.3, -0.25) is 9.89 Å². The Morgan fingerprint density at radius 3 is 3.04 bits per heavy atom. The largest absolute Gasteiger partial charge is 0.459 e. The fourth-order valence-corrected chi connectivity index (χ4v) is 3.06. The molecule has 0 atom stereocenters. The van der Waals surface area contributed by atoms with Crippen molar-refractivity contribution in [1.29, 1.82) is 0 Å². The number of amides is 1. The van der Waals surface area contributed by atoms with Crippen LogP contribution in [0.25, 0.3) is 21.7 Å². The number of fused-ring (bicyclic) bond motifs is 1. The lowest BCUT2D eigenvalue weighted by atomic mass is 10.2. The summed E-state index contributed by atoms with van der Waals surface area (Å²) in [5, 5.41) is 13.1. The summed E-state index contributed by atoms with van der Waals surface area (Å²) in [6.07, 6.45) is 1.71. The second-order valence-corrected chi connectivity index (χ2v) is 5.90. The van der Waals surface area contributed by atoms with Crippen molar-refractivity contribution in [3.63, 3.8) is 0 Å². The van der Waals surface area contributed by atoms with Gasteiger partial charge in [0.15, 0.2) is 10.8 Å². The van der Waals surface area contributed by atoms with Crippen LogP contribution in [0.15, 0.2) is 46.3 Å². The van der Waals surface area contributed by atoms with Crippen molar-refractivity contribution in [3.8, 4) is 10.8 Å². The summed E-state index contributed by atoms with van der Waals surface area (Å²) < 4.78 is 5.53. The van der Waals surface area contributed by atoms with Gasteiger partial charge in [-0.05, 0) is 25.1 Å². The van der Waals surface area contributed by atoms with E-state index in [-0.39, 0.29) is 5.91 Å². The smallest absolute Gasteiger partial charge is 0.275 e. The second-order valence-electron chi connectivity index (χ2n) is 5.04. The highest BCUT2D eigenvalue weighted by atomic mass is 32.1. The summed E-state index contributed by atoms with van der Waals surface area (Å²) in [5.41, 5.74) is 1.82. The van der Waals surface area contributed by atoms with Gasteiger partial charge in [0, 0.05) is 10.8 Å². The number of hydrogen-bond acceptors (Lipinski definition) is 5. The Morgan fingerprint density at radius 2 is 2.22 bits per heavy atom. The van der Waals surface area contributed by atoms with E-state index in [2.05, 4.69) is 20.5 Å². The van der Waals surface area contributed by atoms with Crippen LogP contribution in [-0.2, 0) is 0 Å². The first kappa shape index (κ1) is 13.7. The summed E-state index contributed by atoms with van der Waals surface area (Å²) in [4.78, 5) is 16.7. The van der Waals surface area contributed by atoms with Gasteiger partial charge in [-0.25, -0.2) is 4.98 Å².